The van der Waals surface area contributed by atoms with E-state index in [1.807, 2.05) is 0 Å². The minimum Gasteiger partial charge on any atom is -0.378 e. The molecule has 1 fully saturated rings. The molecule has 2 nitrogen and oxygen atoms in total. The molecular formula is C10H17NO. The number of nitriles is 1. The van der Waals surface area contributed by atoms with E-state index in [2.05, 4.69) is 6.07 Å². The van der Waals surface area contributed by atoms with Crippen molar-refractivity contribution in [3.05, 3.63) is 0 Å². The maximum atomic E-state index is 8.32. The van der Waals surface area contributed by atoms with E-state index in [1.165, 1.54) is 19.3 Å². The van der Waals surface area contributed by atoms with Gasteiger partial charge in [-0.05, 0) is 38.5 Å². The molecule has 0 saturated carbocycles. The molecule has 1 unspecified atom stereocenters. The summed E-state index contributed by atoms with van der Waals surface area (Å²) in [5.74, 6) is 0. The standard InChI is InChI=1S/C10H17NO/c11-8-4-1-2-6-10-7-3-5-9-12-10/h10H,1-7,9H2. The second kappa shape index (κ2) is 6.02. The fourth-order valence-corrected chi connectivity index (χ4v) is 1.61. The molecule has 1 rings (SSSR count). The first-order valence-electron chi connectivity index (χ1n) is 4.92. The molecule has 0 N–H and O–H groups in total. The number of hydrogen-bond acceptors (Lipinski definition) is 2. The van der Waals surface area contributed by atoms with E-state index in [9.17, 15) is 0 Å². The zero-order valence-electron chi connectivity index (χ0n) is 7.59. The van der Waals surface area contributed by atoms with Crippen LogP contribution in [-0.2, 0) is 4.74 Å². The molecule has 0 radical (unpaired) electrons. The second-order valence-corrected chi connectivity index (χ2v) is 3.39. The molecule has 0 spiro atoms. The van der Waals surface area contributed by atoms with Crippen LogP contribution in [0.25, 0.3) is 0 Å². The lowest BCUT2D eigenvalue weighted by Crippen LogP contribution is -2.18. The van der Waals surface area contributed by atoms with Gasteiger partial charge < -0.3 is 4.74 Å². The third-order valence-corrected chi connectivity index (χ3v) is 2.34. The number of hydrogen-bond donors (Lipinski definition) is 0. The Kier molecular flexibility index (Phi) is 4.79. The van der Waals surface area contributed by atoms with Gasteiger partial charge in [-0.25, -0.2) is 0 Å². The van der Waals surface area contributed by atoms with Crippen LogP contribution >= 0.6 is 0 Å². The van der Waals surface area contributed by atoms with E-state index < -0.39 is 0 Å². The van der Waals surface area contributed by atoms with Crippen LogP contribution in [0.15, 0.2) is 0 Å². The Labute approximate surface area is 74.5 Å². The Balaban J connectivity index is 1.95. The van der Waals surface area contributed by atoms with E-state index in [0.29, 0.717) is 12.5 Å². The average Bonchev–Trinajstić information content (AvgIpc) is 2.14. The molecule has 12 heavy (non-hydrogen) atoms. The number of rotatable bonds is 4. The maximum Gasteiger partial charge on any atom is 0.0621 e. The first-order chi connectivity index (χ1) is 5.93. The number of nitrogens with zero attached hydrogens (tertiary/aromatic N) is 1. The number of ether oxygens (including phenoxy) is 1. The van der Waals surface area contributed by atoms with Crippen molar-refractivity contribution in [2.24, 2.45) is 0 Å². The molecule has 1 heterocycles. The van der Waals surface area contributed by atoms with Crippen molar-refractivity contribution < 1.29 is 4.74 Å². The first-order valence-corrected chi connectivity index (χ1v) is 4.92. The van der Waals surface area contributed by atoms with Crippen molar-refractivity contribution >= 4 is 0 Å². The van der Waals surface area contributed by atoms with Gasteiger partial charge in [0.2, 0.25) is 0 Å². The lowest BCUT2D eigenvalue weighted by molar-refractivity contribution is 0.00991. The average molecular weight is 167 g/mol. The predicted octanol–water partition coefficient (Wildman–Crippen LogP) is 2.64. The quantitative estimate of drug-likeness (QED) is 0.603. The predicted molar refractivity (Wildman–Crippen MR) is 47.7 cm³/mol. The summed E-state index contributed by atoms with van der Waals surface area (Å²) >= 11 is 0. The molecule has 1 aliphatic heterocycles. The van der Waals surface area contributed by atoms with Crippen molar-refractivity contribution in [1.29, 1.82) is 5.26 Å². The molecule has 0 amide bonds. The van der Waals surface area contributed by atoms with Crippen LogP contribution in [0.3, 0.4) is 0 Å². The van der Waals surface area contributed by atoms with Crippen LogP contribution in [0.4, 0.5) is 0 Å². The highest BCUT2D eigenvalue weighted by Gasteiger charge is 2.12. The Morgan fingerprint density at radius 1 is 1.33 bits per heavy atom. The molecule has 0 aromatic heterocycles. The monoisotopic (exact) mass is 167 g/mol. The molecule has 2 heteroatoms. The van der Waals surface area contributed by atoms with Gasteiger partial charge >= 0.3 is 0 Å². The first kappa shape index (κ1) is 9.54. The topological polar surface area (TPSA) is 33.0 Å². The summed E-state index contributed by atoms with van der Waals surface area (Å²) < 4.78 is 5.58. The maximum absolute atomic E-state index is 8.32. The molecule has 68 valence electrons. The molecule has 1 atom stereocenters. The van der Waals surface area contributed by atoms with Gasteiger partial charge in [0, 0.05) is 13.0 Å². The van der Waals surface area contributed by atoms with Crippen molar-refractivity contribution in [1.82, 2.24) is 0 Å². The van der Waals surface area contributed by atoms with Gasteiger partial charge in [-0.15, -0.1) is 0 Å². The van der Waals surface area contributed by atoms with Crippen LogP contribution in [0.2, 0.25) is 0 Å². The van der Waals surface area contributed by atoms with Gasteiger partial charge in [0.25, 0.3) is 0 Å². The van der Waals surface area contributed by atoms with Crippen molar-refractivity contribution in [2.75, 3.05) is 6.61 Å². The summed E-state index contributed by atoms with van der Waals surface area (Å²) in [7, 11) is 0. The molecule has 0 aromatic rings. The highest BCUT2D eigenvalue weighted by atomic mass is 16.5. The van der Waals surface area contributed by atoms with Crippen LogP contribution in [0, 0.1) is 11.3 Å². The summed E-state index contributed by atoms with van der Waals surface area (Å²) in [6.07, 6.45) is 8.32. The van der Waals surface area contributed by atoms with E-state index in [-0.39, 0.29) is 0 Å². The lowest BCUT2D eigenvalue weighted by Gasteiger charge is -2.22. The van der Waals surface area contributed by atoms with Gasteiger partial charge in [0.1, 0.15) is 0 Å². The smallest absolute Gasteiger partial charge is 0.0621 e. The Bertz CT molecular complexity index is 144. The van der Waals surface area contributed by atoms with Crippen molar-refractivity contribution in [3.8, 4) is 6.07 Å². The molecule has 0 bridgehead atoms. The lowest BCUT2D eigenvalue weighted by atomic mass is 10.0. The van der Waals surface area contributed by atoms with Gasteiger partial charge in [-0.2, -0.15) is 5.26 Å². The van der Waals surface area contributed by atoms with Crippen LogP contribution < -0.4 is 0 Å². The Hall–Kier alpha value is -0.550. The van der Waals surface area contributed by atoms with Gasteiger partial charge in [0.05, 0.1) is 12.2 Å². The minimum absolute atomic E-state index is 0.498. The van der Waals surface area contributed by atoms with E-state index in [1.54, 1.807) is 0 Å². The summed E-state index contributed by atoms with van der Waals surface area (Å²) in [5, 5.41) is 8.32. The highest BCUT2D eigenvalue weighted by Crippen LogP contribution is 2.17. The third kappa shape index (κ3) is 3.73. The largest absolute Gasteiger partial charge is 0.378 e. The van der Waals surface area contributed by atoms with E-state index in [0.717, 1.165) is 25.9 Å². The Morgan fingerprint density at radius 3 is 2.92 bits per heavy atom. The van der Waals surface area contributed by atoms with Crippen LogP contribution in [-0.4, -0.2) is 12.7 Å². The summed E-state index contributed by atoms with van der Waals surface area (Å²) in [6, 6.07) is 2.16. The van der Waals surface area contributed by atoms with Gasteiger partial charge in [0.15, 0.2) is 0 Å². The molecule has 0 aromatic carbocycles. The fourth-order valence-electron chi connectivity index (χ4n) is 1.61. The Morgan fingerprint density at radius 2 is 2.25 bits per heavy atom. The summed E-state index contributed by atoms with van der Waals surface area (Å²) in [5.41, 5.74) is 0. The van der Waals surface area contributed by atoms with E-state index in [4.69, 9.17) is 10.00 Å². The normalized spacial score (nSPS) is 23.4. The van der Waals surface area contributed by atoms with Crippen molar-refractivity contribution in [2.45, 2.75) is 51.0 Å². The fraction of sp³-hybridized carbons (Fsp3) is 0.900. The molecule has 1 saturated heterocycles. The van der Waals surface area contributed by atoms with E-state index >= 15 is 0 Å². The minimum atomic E-state index is 0.498. The van der Waals surface area contributed by atoms with Crippen LogP contribution in [0.1, 0.15) is 44.9 Å². The summed E-state index contributed by atoms with van der Waals surface area (Å²) in [6.45, 7) is 0.947. The second-order valence-electron chi connectivity index (χ2n) is 3.39. The molecular weight excluding hydrogens is 150 g/mol. The highest BCUT2D eigenvalue weighted by molar-refractivity contribution is 4.69. The van der Waals surface area contributed by atoms with Gasteiger partial charge in [-0.3, -0.25) is 0 Å². The molecule has 0 aliphatic carbocycles. The van der Waals surface area contributed by atoms with Crippen LogP contribution in [0.5, 0.6) is 0 Å². The van der Waals surface area contributed by atoms with Gasteiger partial charge in [-0.1, -0.05) is 0 Å². The number of unbranched alkanes of at least 4 members (excludes halogenated alkanes) is 2. The summed E-state index contributed by atoms with van der Waals surface area (Å²) in [4.78, 5) is 0. The SMILES string of the molecule is N#CCCCCC1CCCCO1. The molecule has 1 aliphatic rings. The zero-order chi connectivity index (χ0) is 8.65. The van der Waals surface area contributed by atoms with Crippen molar-refractivity contribution in [3.63, 3.8) is 0 Å². The zero-order valence-corrected chi connectivity index (χ0v) is 7.59. The third-order valence-electron chi connectivity index (χ3n) is 2.34.